The number of methoxy groups -OCH3 is 1. The lowest BCUT2D eigenvalue weighted by Gasteiger charge is -2.15. The highest BCUT2D eigenvalue weighted by Crippen LogP contribution is 2.26. The van der Waals surface area contributed by atoms with Gasteiger partial charge in [-0.3, -0.25) is 14.0 Å². The molecular formula is C22H22N4O3S. The molecule has 0 radical (unpaired) electrons. The topological polar surface area (TPSA) is 78.5 Å². The van der Waals surface area contributed by atoms with Crippen LogP contribution in [0.25, 0.3) is 22.4 Å². The minimum absolute atomic E-state index is 0.122. The van der Waals surface area contributed by atoms with Gasteiger partial charge in [-0.25, -0.2) is 4.57 Å². The van der Waals surface area contributed by atoms with Crippen molar-refractivity contribution in [1.82, 2.24) is 19.2 Å². The van der Waals surface area contributed by atoms with Gasteiger partial charge >= 0.3 is 0 Å². The van der Waals surface area contributed by atoms with Crippen molar-refractivity contribution in [2.24, 2.45) is 5.41 Å². The molecule has 0 saturated carbocycles. The summed E-state index contributed by atoms with van der Waals surface area (Å²) >= 11 is 1.33. The van der Waals surface area contributed by atoms with E-state index in [1.807, 2.05) is 43.4 Å². The minimum Gasteiger partial charge on any atom is -0.497 e. The molecule has 7 nitrogen and oxygen atoms in total. The van der Waals surface area contributed by atoms with Crippen LogP contribution in [0.5, 0.6) is 5.75 Å². The second-order valence-corrected chi connectivity index (χ2v) is 8.88. The van der Waals surface area contributed by atoms with Crippen molar-refractivity contribution in [3.63, 3.8) is 0 Å². The summed E-state index contributed by atoms with van der Waals surface area (Å²) in [7, 11) is 1.59. The molecule has 0 aliphatic carbocycles. The number of rotatable bonds is 5. The maximum Gasteiger partial charge on any atom is 0.267 e. The van der Waals surface area contributed by atoms with Crippen LogP contribution in [0.1, 0.15) is 20.8 Å². The van der Waals surface area contributed by atoms with Crippen molar-refractivity contribution in [2.75, 3.05) is 12.9 Å². The number of carbonyl (C=O) groups excluding carboxylic acids is 1. The number of benzene rings is 2. The van der Waals surface area contributed by atoms with Crippen LogP contribution in [0.15, 0.2) is 58.5 Å². The number of hydrogen-bond donors (Lipinski definition) is 0. The van der Waals surface area contributed by atoms with Crippen molar-refractivity contribution in [1.29, 1.82) is 0 Å². The number of carbonyl (C=O) groups is 1. The van der Waals surface area contributed by atoms with Crippen molar-refractivity contribution in [3.05, 3.63) is 58.9 Å². The largest absolute Gasteiger partial charge is 0.497 e. The van der Waals surface area contributed by atoms with Gasteiger partial charge in [-0.15, -0.1) is 10.2 Å². The summed E-state index contributed by atoms with van der Waals surface area (Å²) in [6, 6.07) is 14.5. The Morgan fingerprint density at radius 1 is 1.07 bits per heavy atom. The van der Waals surface area contributed by atoms with Crippen molar-refractivity contribution in [2.45, 2.75) is 25.9 Å². The molecule has 0 spiro atoms. The molecule has 0 saturated heterocycles. The van der Waals surface area contributed by atoms with Crippen LogP contribution in [0.4, 0.5) is 0 Å². The molecule has 0 atom stereocenters. The standard InChI is InChI=1S/C22H22N4O3S/c1-22(2,3)18(27)13-30-21-24-23-20-25(14-9-11-15(29-4)12-10-14)19(28)16-7-5-6-8-17(16)26(20)21/h5-12H,13H2,1-4H3. The lowest BCUT2D eigenvalue weighted by Crippen LogP contribution is -2.23. The van der Waals surface area contributed by atoms with E-state index >= 15 is 0 Å². The Morgan fingerprint density at radius 2 is 1.77 bits per heavy atom. The van der Waals surface area contributed by atoms with Gasteiger partial charge in [-0.05, 0) is 36.4 Å². The fourth-order valence-corrected chi connectivity index (χ4v) is 4.18. The quantitative estimate of drug-likeness (QED) is 0.456. The Labute approximate surface area is 177 Å². The third-order valence-electron chi connectivity index (χ3n) is 4.89. The van der Waals surface area contributed by atoms with E-state index < -0.39 is 5.41 Å². The molecule has 4 rings (SSSR count). The Balaban J connectivity index is 1.92. The molecule has 0 amide bonds. The molecule has 30 heavy (non-hydrogen) atoms. The lowest BCUT2D eigenvalue weighted by atomic mass is 9.92. The molecule has 2 aromatic heterocycles. The zero-order valence-corrected chi connectivity index (χ0v) is 18.1. The molecule has 0 unspecified atom stereocenters. The predicted octanol–water partition coefficient (Wildman–Crippen LogP) is 3.75. The molecule has 4 aromatic rings. The average molecular weight is 423 g/mol. The number of ketones is 1. The van der Waals surface area contributed by atoms with E-state index in [2.05, 4.69) is 10.2 Å². The van der Waals surface area contributed by atoms with Gasteiger partial charge in [0.15, 0.2) is 5.16 Å². The number of fused-ring (bicyclic) bond motifs is 3. The van der Waals surface area contributed by atoms with Crippen LogP contribution in [0.2, 0.25) is 0 Å². The zero-order valence-electron chi connectivity index (χ0n) is 17.2. The summed E-state index contributed by atoms with van der Waals surface area (Å²) in [4.78, 5) is 25.7. The van der Waals surface area contributed by atoms with Crippen LogP contribution < -0.4 is 10.3 Å². The lowest BCUT2D eigenvalue weighted by molar-refractivity contribution is -0.123. The molecule has 154 valence electrons. The van der Waals surface area contributed by atoms with Gasteiger partial charge in [0.2, 0.25) is 5.78 Å². The zero-order chi connectivity index (χ0) is 21.5. The van der Waals surface area contributed by atoms with E-state index in [1.165, 1.54) is 16.3 Å². The fraction of sp³-hybridized carbons (Fsp3) is 0.273. The summed E-state index contributed by atoms with van der Waals surface area (Å²) in [5.41, 5.74) is 0.753. The highest BCUT2D eigenvalue weighted by atomic mass is 32.2. The summed E-state index contributed by atoms with van der Waals surface area (Å²) in [6.07, 6.45) is 0. The van der Waals surface area contributed by atoms with E-state index in [0.29, 0.717) is 33.3 Å². The van der Waals surface area contributed by atoms with E-state index in [-0.39, 0.29) is 17.1 Å². The number of aromatic nitrogens is 4. The third-order valence-corrected chi connectivity index (χ3v) is 5.82. The first kappa shape index (κ1) is 20.2. The Morgan fingerprint density at radius 3 is 2.43 bits per heavy atom. The third kappa shape index (κ3) is 3.47. The smallest absolute Gasteiger partial charge is 0.267 e. The highest BCUT2D eigenvalue weighted by Gasteiger charge is 2.23. The first-order valence-corrected chi connectivity index (χ1v) is 10.5. The molecule has 0 aliphatic heterocycles. The molecule has 0 bridgehead atoms. The summed E-state index contributed by atoms with van der Waals surface area (Å²) < 4.78 is 8.59. The number of Topliss-reactive ketones (excluding diaryl/α,β-unsaturated/α-hetero) is 1. The molecule has 0 fully saturated rings. The SMILES string of the molecule is COc1ccc(-n2c(=O)c3ccccc3n3c(SCC(=O)C(C)(C)C)nnc23)cc1. The first-order valence-electron chi connectivity index (χ1n) is 9.50. The second kappa shape index (κ2) is 7.60. The van der Waals surface area contributed by atoms with Crippen molar-refractivity contribution >= 4 is 34.2 Å². The Hall–Kier alpha value is -3.13. The van der Waals surface area contributed by atoms with E-state index in [4.69, 9.17) is 4.74 Å². The second-order valence-electron chi connectivity index (χ2n) is 7.94. The molecule has 2 aromatic carbocycles. The maximum atomic E-state index is 13.3. The Kier molecular flexibility index (Phi) is 5.11. The minimum atomic E-state index is -0.430. The molecule has 0 aliphatic rings. The van der Waals surface area contributed by atoms with Crippen LogP contribution in [0, 0.1) is 5.41 Å². The van der Waals surface area contributed by atoms with Gasteiger partial charge < -0.3 is 4.74 Å². The molecule has 0 N–H and O–H groups in total. The van der Waals surface area contributed by atoms with Gasteiger partial charge in [0, 0.05) is 5.41 Å². The van der Waals surface area contributed by atoms with Gasteiger partial charge in [-0.1, -0.05) is 44.7 Å². The average Bonchev–Trinajstić information content (AvgIpc) is 3.15. The van der Waals surface area contributed by atoms with E-state index in [9.17, 15) is 9.59 Å². The normalized spacial score (nSPS) is 11.9. The van der Waals surface area contributed by atoms with Gasteiger partial charge in [0.25, 0.3) is 5.56 Å². The van der Waals surface area contributed by atoms with Gasteiger partial charge in [0.1, 0.15) is 11.5 Å². The number of hydrogen-bond acceptors (Lipinski definition) is 6. The number of para-hydroxylation sites is 1. The summed E-state index contributed by atoms with van der Waals surface area (Å²) in [6.45, 7) is 5.69. The van der Waals surface area contributed by atoms with Crippen LogP contribution in [-0.4, -0.2) is 37.8 Å². The summed E-state index contributed by atoms with van der Waals surface area (Å²) in [5.74, 6) is 1.49. The molecule has 8 heteroatoms. The summed E-state index contributed by atoms with van der Waals surface area (Å²) in [5, 5.41) is 9.72. The number of ether oxygens (including phenoxy) is 1. The monoisotopic (exact) mass is 422 g/mol. The maximum absolute atomic E-state index is 13.3. The molecular weight excluding hydrogens is 400 g/mol. The van der Waals surface area contributed by atoms with Crippen molar-refractivity contribution < 1.29 is 9.53 Å². The molecule has 2 heterocycles. The van der Waals surface area contributed by atoms with E-state index in [0.717, 1.165) is 0 Å². The highest BCUT2D eigenvalue weighted by molar-refractivity contribution is 7.99. The van der Waals surface area contributed by atoms with Crippen LogP contribution in [-0.2, 0) is 4.79 Å². The number of nitrogens with zero attached hydrogens (tertiary/aromatic N) is 4. The Bertz CT molecular complexity index is 1300. The van der Waals surface area contributed by atoms with Crippen LogP contribution >= 0.6 is 11.8 Å². The van der Waals surface area contributed by atoms with Gasteiger partial charge in [-0.2, -0.15) is 0 Å². The first-order chi connectivity index (χ1) is 14.3. The van der Waals surface area contributed by atoms with Gasteiger partial charge in [0.05, 0.1) is 29.5 Å². The van der Waals surface area contributed by atoms with Crippen molar-refractivity contribution in [3.8, 4) is 11.4 Å². The number of thioether (sulfide) groups is 1. The predicted molar refractivity (Wildman–Crippen MR) is 118 cm³/mol. The van der Waals surface area contributed by atoms with Crippen LogP contribution in [0.3, 0.4) is 0 Å². The van der Waals surface area contributed by atoms with E-state index in [1.54, 1.807) is 37.4 Å². The fourth-order valence-electron chi connectivity index (χ4n) is 3.08.